The molecule has 4 unspecified atom stereocenters. The number of likely N-dealkylation sites (tertiary alicyclic amines) is 1. The van der Waals surface area contributed by atoms with Gasteiger partial charge >= 0.3 is 5.97 Å². The van der Waals surface area contributed by atoms with Gasteiger partial charge in [-0.05, 0) is 57.5 Å². The Labute approximate surface area is 122 Å². The quantitative estimate of drug-likeness (QED) is 0.647. The average molecular weight is 287 g/mol. The number of hydrogen-bond donors (Lipinski definition) is 0. The summed E-state index contributed by atoms with van der Waals surface area (Å²) in [6.07, 6.45) is 9.36. The Balaban J connectivity index is 0.00000133. The maximum atomic E-state index is 11.3. The summed E-state index contributed by atoms with van der Waals surface area (Å²) in [6.45, 7) is 4.09. The van der Waals surface area contributed by atoms with Crippen LogP contribution in [0.2, 0.25) is 0 Å². The number of fused-ring (bicyclic) bond motifs is 2. The molecule has 1 saturated heterocycles. The predicted molar refractivity (Wildman–Crippen MR) is 70.2 cm³/mol. The van der Waals surface area contributed by atoms with E-state index in [0.717, 1.165) is 0 Å². The minimum Gasteiger partial charge on any atom is -1.00 e. The lowest BCUT2D eigenvalue weighted by Gasteiger charge is -2.48. The van der Waals surface area contributed by atoms with Gasteiger partial charge in [0.2, 0.25) is 0 Å². The van der Waals surface area contributed by atoms with Gasteiger partial charge < -0.3 is 17.1 Å². The van der Waals surface area contributed by atoms with Crippen molar-refractivity contribution in [3.8, 4) is 0 Å². The molecule has 1 heterocycles. The van der Waals surface area contributed by atoms with E-state index in [1.807, 2.05) is 0 Å². The molecule has 3 fully saturated rings. The highest BCUT2D eigenvalue weighted by atomic mass is 35.5. The third-order valence-corrected chi connectivity index (χ3v) is 5.24. The molecule has 0 amide bonds. The molecular weight excluding hydrogens is 262 g/mol. The van der Waals surface area contributed by atoms with E-state index in [2.05, 4.69) is 4.90 Å². The molecule has 0 radical (unpaired) electrons. The highest BCUT2D eigenvalue weighted by molar-refractivity contribution is 5.66. The van der Waals surface area contributed by atoms with Gasteiger partial charge in [0.1, 0.15) is 6.10 Å². The molecule has 0 spiro atoms. The maximum absolute atomic E-state index is 11.3. The minimum absolute atomic E-state index is 0. The summed E-state index contributed by atoms with van der Waals surface area (Å²) in [5.41, 5.74) is 0. The standard InChI is InChI=1S/C15H25NO2.ClH/c1-11(17)18-15-12-5-4-6-13(15)14(8-7-12)16-9-2-3-10-16;/h12-15H,2-10H2,1H3;1H/p-1. The first kappa shape index (κ1) is 15.1. The van der Waals surface area contributed by atoms with Crippen molar-refractivity contribution in [1.29, 1.82) is 0 Å². The van der Waals surface area contributed by atoms with E-state index in [1.54, 1.807) is 6.92 Å². The molecule has 3 rings (SSSR count). The summed E-state index contributed by atoms with van der Waals surface area (Å²) >= 11 is 0. The molecule has 19 heavy (non-hydrogen) atoms. The molecule has 0 aromatic carbocycles. The number of rotatable bonds is 2. The Morgan fingerprint density at radius 1 is 1.05 bits per heavy atom. The number of ether oxygens (including phenoxy) is 1. The number of carbonyl (C=O) groups excluding carboxylic acids is 1. The summed E-state index contributed by atoms with van der Waals surface area (Å²) in [6, 6.07) is 0.688. The van der Waals surface area contributed by atoms with Gasteiger partial charge in [-0.3, -0.25) is 9.69 Å². The van der Waals surface area contributed by atoms with Gasteiger partial charge in [-0.2, -0.15) is 0 Å². The Morgan fingerprint density at radius 2 is 1.79 bits per heavy atom. The fourth-order valence-corrected chi connectivity index (χ4v) is 4.51. The van der Waals surface area contributed by atoms with E-state index in [4.69, 9.17) is 4.74 Å². The zero-order valence-corrected chi connectivity index (χ0v) is 12.6. The molecule has 1 aliphatic heterocycles. The van der Waals surface area contributed by atoms with E-state index in [9.17, 15) is 4.79 Å². The van der Waals surface area contributed by atoms with Crippen molar-refractivity contribution in [3.05, 3.63) is 0 Å². The second-order valence-corrected chi connectivity index (χ2v) is 6.32. The van der Waals surface area contributed by atoms with Gasteiger partial charge in [-0.15, -0.1) is 0 Å². The van der Waals surface area contributed by atoms with Gasteiger partial charge in [0.15, 0.2) is 0 Å². The normalized spacial score (nSPS) is 38.6. The Kier molecular flexibility index (Phi) is 5.13. The molecule has 2 bridgehead atoms. The molecular formula is C15H25ClNO2-. The molecule has 3 aliphatic rings. The lowest BCUT2D eigenvalue weighted by atomic mass is 9.67. The van der Waals surface area contributed by atoms with E-state index in [-0.39, 0.29) is 24.5 Å². The van der Waals surface area contributed by atoms with Crippen LogP contribution >= 0.6 is 0 Å². The van der Waals surface area contributed by atoms with Crippen LogP contribution in [0.1, 0.15) is 51.9 Å². The molecule has 2 saturated carbocycles. The van der Waals surface area contributed by atoms with Crippen molar-refractivity contribution in [2.75, 3.05) is 13.1 Å². The number of esters is 1. The van der Waals surface area contributed by atoms with Crippen LogP contribution in [0.4, 0.5) is 0 Å². The van der Waals surface area contributed by atoms with Crippen LogP contribution in [-0.4, -0.2) is 36.1 Å². The Morgan fingerprint density at radius 3 is 2.47 bits per heavy atom. The van der Waals surface area contributed by atoms with E-state index in [1.165, 1.54) is 58.0 Å². The van der Waals surface area contributed by atoms with Crippen LogP contribution in [0.25, 0.3) is 0 Å². The fourth-order valence-electron chi connectivity index (χ4n) is 4.51. The van der Waals surface area contributed by atoms with Crippen molar-refractivity contribution in [2.24, 2.45) is 11.8 Å². The van der Waals surface area contributed by atoms with E-state index in [0.29, 0.717) is 17.9 Å². The lowest BCUT2D eigenvalue weighted by Crippen LogP contribution is -3.00. The zero-order valence-electron chi connectivity index (χ0n) is 11.8. The SMILES string of the molecule is CC(=O)OC1C2CCCC1C(N1CCCC1)CC2.[Cl-]. The highest BCUT2D eigenvalue weighted by Crippen LogP contribution is 2.44. The molecule has 0 aromatic rings. The van der Waals surface area contributed by atoms with Gasteiger partial charge in [0.05, 0.1) is 0 Å². The maximum Gasteiger partial charge on any atom is 0.302 e. The molecule has 110 valence electrons. The van der Waals surface area contributed by atoms with Crippen LogP contribution in [0, 0.1) is 11.8 Å². The van der Waals surface area contributed by atoms with Crippen molar-refractivity contribution < 1.29 is 21.9 Å². The molecule has 0 N–H and O–H groups in total. The third kappa shape index (κ3) is 3.08. The topological polar surface area (TPSA) is 29.5 Å². The summed E-state index contributed by atoms with van der Waals surface area (Å²) in [5.74, 6) is 1.17. The van der Waals surface area contributed by atoms with Gasteiger partial charge in [0, 0.05) is 18.9 Å². The van der Waals surface area contributed by atoms with Crippen molar-refractivity contribution in [2.45, 2.75) is 64.0 Å². The van der Waals surface area contributed by atoms with Crippen LogP contribution in [0.15, 0.2) is 0 Å². The van der Waals surface area contributed by atoms with Crippen LogP contribution < -0.4 is 12.4 Å². The average Bonchev–Trinajstić information content (AvgIpc) is 2.81. The molecule has 2 aliphatic carbocycles. The van der Waals surface area contributed by atoms with Gasteiger partial charge in [0.25, 0.3) is 0 Å². The number of nitrogens with zero attached hydrogens (tertiary/aromatic N) is 1. The van der Waals surface area contributed by atoms with Crippen LogP contribution in [0.3, 0.4) is 0 Å². The summed E-state index contributed by atoms with van der Waals surface area (Å²) in [4.78, 5) is 14.0. The zero-order chi connectivity index (χ0) is 12.5. The van der Waals surface area contributed by atoms with Crippen LogP contribution in [-0.2, 0) is 9.53 Å². The largest absolute Gasteiger partial charge is 1.00 e. The predicted octanol–water partition coefficient (Wildman–Crippen LogP) is -0.403. The second-order valence-electron chi connectivity index (χ2n) is 6.32. The Bertz CT molecular complexity index is 317. The molecule has 3 nitrogen and oxygen atoms in total. The first-order chi connectivity index (χ1) is 8.75. The van der Waals surface area contributed by atoms with Crippen molar-refractivity contribution >= 4 is 5.97 Å². The van der Waals surface area contributed by atoms with Gasteiger partial charge in [-0.1, -0.05) is 6.42 Å². The number of halogens is 1. The van der Waals surface area contributed by atoms with E-state index < -0.39 is 0 Å². The number of carbonyl (C=O) groups is 1. The van der Waals surface area contributed by atoms with Crippen molar-refractivity contribution in [3.63, 3.8) is 0 Å². The molecule has 0 aromatic heterocycles. The summed E-state index contributed by atoms with van der Waals surface area (Å²) in [7, 11) is 0. The lowest BCUT2D eigenvalue weighted by molar-refractivity contribution is -0.161. The van der Waals surface area contributed by atoms with E-state index >= 15 is 0 Å². The first-order valence-electron chi connectivity index (χ1n) is 7.67. The smallest absolute Gasteiger partial charge is 0.302 e. The summed E-state index contributed by atoms with van der Waals surface area (Å²) in [5, 5.41) is 0. The highest BCUT2D eigenvalue weighted by Gasteiger charge is 2.45. The molecule has 4 heteroatoms. The third-order valence-electron chi connectivity index (χ3n) is 5.24. The van der Waals surface area contributed by atoms with Crippen molar-refractivity contribution in [1.82, 2.24) is 4.90 Å². The molecule has 4 atom stereocenters. The van der Waals surface area contributed by atoms with Gasteiger partial charge in [-0.25, -0.2) is 0 Å². The van der Waals surface area contributed by atoms with Crippen LogP contribution in [0.5, 0.6) is 0 Å². The monoisotopic (exact) mass is 286 g/mol. The Hall–Kier alpha value is -0.280. The first-order valence-corrected chi connectivity index (χ1v) is 7.67. The second kappa shape index (κ2) is 6.45. The minimum atomic E-state index is -0.0843. The fraction of sp³-hybridized carbons (Fsp3) is 0.933. The summed E-state index contributed by atoms with van der Waals surface area (Å²) < 4.78 is 5.68. The number of hydrogen-bond acceptors (Lipinski definition) is 3.